The van der Waals surface area contributed by atoms with Gasteiger partial charge in [-0.3, -0.25) is 0 Å². The molecule has 1 heterocycles. The van der Waals surface area contributed by atoms with E-state index in [0.29, 0.717) is 6.54 Å². The Kier molecular flexibility index (Phi) is 4.04. The van der Waals surface area contributed by atoms with E-state index in [1.165, 1.54) is 16.7 Å². The molecule has 0 radical (unpaired) electrons. The molecule has 0 saturated heterocycles. The fourth-order valence-electron chi connectivity index (χ4n) is 2.79. The van der Waals surface area contributed by atoms with Crippen LogP contribution in [0.2, 0.25) is 0 Å². The molecule has 1 unspecified atom stereocenters. The van der Waals surface area contributed by atoms with Crippen molar-refractivity contribution in [3.05, 3.63) is 77.0 Å². The van der Waals surface area contributed by atoms with Crippen LogP contribution in [0.3, 0.4) is 0 Å². The molecule has 3 heteroatoms. The van der Waals surface area contributed by atoms with E-state index in [0.717, 1.165) is 12.1 Å². The van der Waals surface area contributed by atoms with Crippen molar-refractivity contribution in [2.45, 2.75) is 19.2 Å². The minimum absolute atomic E-state index is 0.0740. The Balaban J connectivity index is 1.84. The van der Waals surface area contributed by atoms with Crippen LogP contribution < -0.4 is 5.73 Å². The number of nitrogens with two attached hydrogens (primary N) is 1. The molecule has 2 aromatic carbocycles. The molecule has 3 nitrogen and oxygen atoms in total. The SMILES string of the molecule is NCC(c1ccc(CO)cc1)N1C=Cc2ccccc2C1. The topological polar surface area (TPSA) is 49.5 Å². The summed E-state index contributed by atoms with van der Waals surface area (Å²) in [6.07, 6.45) is 4.27. The van der Waals surface area contributed by atoms with Crippen molar-refractivity contribution in [1.29, 1.82) is 0 Å². The summed E-state index contributed by atoms with van der Waals surface area (Å²) in [6.45, 7) is 1.51. The van der Waals surface area contributed by atoms with Gasteiger partial charge in [0.25, 0.3) is 0 Å². The van der Waals surface area contributed by atoms with Crippen LogP contribution in [0.4, 0.5) is 0 Å². The largest absolute Gasteiger partial charge is 0.392 e. The molecule has 1 aliphatic heterocycles. The predicted octanol–water partition coefficient (Wildman–Crippen LogP) is 2.67. The van der Waals surface area contributed by atoms with Crippen LogP contribution in [0.5, 0.6) is 0 Å². The highest BCUT2D eigenvalue weighted by Crippen LogP contribution is 2.28. The van der Waals surface area contributed by atoms with Gasteiger partial charge in [-0.25, -0.2) is 0 Å². The summed E-state index contributed by atoms with van der Waals surface area (Å²) in [5.74, 6) is 0. The lowest BCUT2D eigenvalue weighted by molar-refractivity contribution is 0.274. The smallest absolute Gasteiger partial charge is 0.0681 e. The molecule has 0 aromatic heterocycles. The van der Waals surface area contributed by atoms with Gasteiger partial charge in [0.15, 0.2) is 0 Å². The van der Waals surface area contributed by atoms with Gasteiger partial charge in [0.2, 0.25) is 0 Å². The molecule has 1 aliphatic rings. The molecule has 3 N–H and O–H groups in total. The van der Waals surface area contributed by atoms with Crippen LogP contribution in [-0.4, -0.2) is 16.6 Å². The maximum atomic E-state index is 9.14. The number of benzene rings is 2. The Morgan fingerprint density at radius 1 is 1.10 bits per heavy atom. The van der Waals surface area contributed by atoms with Gasteiger partial charge in [0, 0.05) is 19.3 Å². The van der Waals surface area contributed by atoms with Gasteiger partial charge in [-0.15, -0.1) is 0 Å². The van der Waals surface area contributed by atoms with E-state index >= 15 is 0 Å². The summed E-state index contributed by atoms with van der Waals surface area (Å²) in [7, 11) is 0. The zero-order valence-corrected chi connectivity index (χ0v) is 11.9. The second-order valence-corrected chi connectivity index (χ2v) is 5.34. The predicted molar refractivity (Wildman–Crippen MR) is 85.2 cm³/mol. The highest BCUT2D eigenvalue weighted by Gasteiger charge is 2.19. The Morgan fingerprint density at radius 2 is 1.86 bits per heavy atom. The molecule has 21 heavy (non-hydrogen) atoms. The summed E-state index contributed by atoms with van der Waals surface area (Å²) >= 11 is 0. The molecule has 108 valence electrons. The van der Waals surface area contributed by atoms with Crippen LogP contribution >= 0.6 is 0 Å². The van der Waals surface area contributed by atoms with Crippen molar-refractivity contribution in [1.82, 2.24) is 4.90 Å². The average molecular weight is 280 g/mol. The number of aliphatic hydroxyl groups excluding tert-OH is 1. The van der Waals surface area contributed by atoms with E-state index in [2.05, 4.69) is 53.6 Å². The second-order valence-electron chi connectivity index (χ2n) is 5.34. The second kappa shape index (κ2) is 6.12. The average Bonchev–Trinajstić information content (AvgIpc) is 2.56. The van der Waals surface area contributed by atoms with Gasteiger partial charge in [-0.2, -0.15) is 0 Å². The van der Waals surface area contributed by atoms with E-state index in [4.69, 9.17) is 10.8 Å². The van der Waals surface area contributed by atoms with Crippen LogP contribution in [0, 0.1) is 0 Å². The first-order valence-electron chi connectivity index (χ1n) is 7.23. The summed E-state index contributed by atoms with van der Waals surface area (Å²) in [5.41, 5.74) is 10.7. The fraction of sp³-hybridized carbons (Fsp3) is 0.222. The number of nitrogens with zero attached hydrogens (tertiary/aromatic N) is 1. The molecule has 0 spiro atoms. The Bertz CT molecular complexity index is 634. The first kappa shape index (κ1) is 13.9. The van der Waals surface area contributed by atoms with Crippen LogP contribution in [0.1, 0.15) is 28.3 Å². The van der Waals surface area contributed by atoms with Crippen LogP contribution in [0.25, 0.3) is 6.08 Å². The minimum Gasteiger partial charge on any atom is -0.392 e. The van der Waals surface area contributed by atoms with Crippen molar-refractivity contribution < 1.29 is 5.11 Å². The molecular weight excluding hydrogens is 260 g/mol. The van der Waals surface area contributed by atoms with Crippen molar-refractivity contribution in [3.8, 4) is 0 Å². The molecule has 0 amide bonds. The normalized spacial score (nSPS) is 14.9. The zero-order chi connectivity index (χ0) is 14.7. The fourth-order valence-corrected chi connectivity index (χ4v) is 2.79. The molecule has 0 fully saturated rings. The highest BCUT2D eigenvalue weighted by atomic mass is 16.3. The number of aliphatic hydroxyl groups is 1. The maximum Gasteiger partial charge on any atom is 0.0681 e. The monoisotopic (exact) mass is 280 g/mol. The van der Waals surface area contributed by atoms with Crippen LogP contribution in [-0.2, 0) is 13.2 Å². The molecule has 0 aliphatic carbocycles. The number of rotatable bonds is 4. The number of hydrogen-bond donors (Lipinski definition) is 2. The van der Waals surface area contributed by atoms with Crippen molar-refractivity contribution in [2.75, 3.05) is 6.54 Å². The van der Waals surface area contributed by atoms with Crippen molar-refractivity contribution in [2.24, 2.45) is 5.73 Å². The third-order valence-corrected chi connectivity index (χ3v) is 4.02. The van der Waals surface area contributed by atoms with Gasteiger partial charge < -0.3 is 15.7 Å². The van der Waals surface area contributed by atoms with E-state index in [1.54, 1.807) is 0 Å². The van der Waals surface area contributed by atoms with E-state index < -0.39 is 0 Å². The number of fused-ring (bicyclic) bond motifs is 1. The lowest BCUT2D eigenvalue weighted by atomic mass is 9.99. The van der Waals surface area contributed by atoms with Crippen LogP contribution in [0.15, 0.2) is 54.7 Å². The first-order valence-corrected chi connectivity index (χ1v) is 7.23. The van der Waals surface area contributed by atoms with Gasteiger partial charge in [-0.05, 0) is 28.3 Å². The van der Waals surface area contributed by atoms with E-state index in [9.17, 15) is 0 Å². The third kappa shape index (κ3) is 2.84. The van der Waals surface area contributed by atoms with Crippen molar-refractivity contribution >= 4 is 6.08 Å². The maximum absolute atomic E-state index is 9.14. The Hall–Kier alpha value is -2.10. The molecule has 3 rings (SSSR count). The molecule has 1 atom stereocenters. The highest BCUT2D eigenvalue weighted by molar-refractivity contribution is 5.55. The Morgan fingerprint density at radius 3 is 2.57 bits per heavy atom. The van der Waals surface area contributed by atoms with Gasteiger partial charge in [-0.1, -0.05) is 48.5 Å². The summed E-state index contributed by atoms with van der Waals surface area (Å²) < 4.78 is 0. The summed E-state index contributed by atoms with van der Waals surface area (Å²) in [5, 5.41) is 9.14. The van der Waals surface area contributed by atoms with E-state index in [1.807, 2.05) is 12.1 Å². The van der Waals surface area contributed by atoms with Gasteiger partial charge in [0.05, 0.1) is 12.6 Å². The van der Waals surface area contributed by atoms with Gasteiger partial charge in [0.1, 0.15) is 0 Å². The lowest BCUT2D eigenvalue weighted by Gasteiger charge is -2.33. The third-order valence-electron chi connectivity index (χ3n) is 4.02. The minimum atomic E-state index is 0.0740. The molecule has 2 aromatic rings. The van der Waals surface area contributed by atoms with Crippen molar-refractivity contribution in [3.63, 3.8) is 0 Å². The molecule has 0 bridgehead atoms. The van der Waals surface area contributed by atoms with E-state index in [-0.39, 0.29) is 12.6 Å². The lowest BCUT2D eigenvalue weighted by Crippen LogP contribution is -2.30. The number of hydrogen-bond acceptors (Lipinski definition) is 3. The zero-order valence-electron chi connectivity index (χ0n) is 11.9. The molecular formula is C18H20N2O. The quantitative estimate of drug-likeness (QED) is 0.905. The summed E-state index contributed by atoms with van der Waals surface area (Å²) in [4.78, 5) is 2.27. The van der Waals surface area contributed by atoms with Gasteiger partial charge >= 0.3 is 0 Å². The Labute approximate surface area is 125 Å². The molecule has 0 saturated carbocycles. The summed E-state index contributed by atoms with van der Waals surface area (Å²) in [6, 6.07) is 16.6. The standard InChI is InChI=1S/C18H20N2O/c19-11-18(16-7-5-14(13-21)6-8-16)20-10-9-15-3-1-2-4-17(15)12-20/h1-10,18,21H,11-13,19H2. The first-order chi connectivity index (χ1) is 10.3.